The second-order valence-corrected chi connectivity index (χ2v) is 11.9. The van der Waals surface area contributed by atoms with Crippen LogP contribution in [0.3, 0.4) is 0 Å². The standard InChI is InChI=1S/C33H35B2F2N5O2/c1-18(2)29-30(19(3)10-11-38-29)42-27-16-24(23-9-7-6-8-22(23)14-28(34)35)26(37)15-25(27)31(39-33(42)44)41-13-12-40(17-20(41)4)32(43)21(5)36/h6-11,14-16,18,20H,5,12-13,17,34-35H2,1-4H3/t20-/m0/s1. The van der Waals surface area contributed by atoms with Crippen molar-refractivity contribution < 1.29 is 13.6 Å². The summed E-state index contributed by atoms with van der Waals surface area (Å²) in [5, 5.41) is 1.52. The van der Waals surface area contributed by atoms with Crippen LogP contribution >= 0.6 is 0 Å². The van der Waals surface area contributed by atoms with Crippen molar-refractivity contribution in [2.75, 3.05) is 24.5 Å². The van der Waals surface area contributed by atoms with Gasteiger partial charge in [0.1, 0.15) is 27.3 Å². The van der Waals surface area contributed by atoms with Crippen LogP contribution in [-0.2, 0) is 4.79 Å². The highest BCUT2D eigenvalue weighted by atomic mass is 19.1. The first-order valence-electron chi connectivity index (χ1n) is 14.8. The molecular weight excluding hydrogens is 558 g/mol. The zero-order valence-corrected chi connectivity index (χ0v) is 26.0. The Morgan fingerprint density at radius 2 is 1.86 bits per heavy atom. The summed E-state index contributed by atoms with van der Waals surface area (Å²) in [6.45, 7) is 11.6. The zero-order chi connectivity index (χ0) is 31.9. The lowest BCUT2D eigenvalue weighted by molar-refractivity contribution is -0.129. The largest absolute Gasteiger partial charge is 0.354 e. The van der Waals surface area contributed by atoms with Crippen LogP contribution < -0.4 is 10.6 Å². The molecule has 0 N–H and O–H groups in total. The maximum atomic E-state index is 16.3. The fourth-order valence-electron chi connectivity index (χ4n) is 5.96. The number of fused-ring (bicyclic) bond motifs is 1. The van der Waals surface area contributed by atoms with Crippen LogP contribution in [0.25, 0.3) is 33.8 Å². The van der Waals surface area contributed by atoms with Gasteiger partial charge in [0.25, 0.3) is 5.91 Å². The van der Waals surface area contributed by atoms with Gasteiger partial charge < -0.3 is 9.80 Å². The van der Waals surface area contributed by atoms with Gasteiger partial charge in [0.15, 0.2) is 5.83 Å². The molecule has 0 bridgehead atoms. The predicted molar refractivity (Wildman–Crippen MR) is 178 cm³/mol. The van der Waals surface area contributed by atoms with E-state index in [1.54, 1.807) is 16.8 Å². The number of pyridine rings is 1. The molecule has 1 aliphatic heterocycles. The lowest BCUT2D eigenvalue weighted by Gasteiger charge is -2.40. The van der Waals surface area contributed by atoms with Gasteiger partial charge in [0, 0.05) is 42.8 Å². The molecule has 4 aromatic rings. The monoisotopic (exact) mass is 593 g/mol. The van der Waals surface area contributed by atoms with Gasteiger partial charge in [-0.25, -0.2) is 13.6 Å². The quantitative estimate of drug-likeness (QED) is 0.249. The van der Waals surface area contributed by atoms with E-state index < -0.39 is 23.2 Å². The number of hydrogen-bond acceptors (Lipinski definition) is 5. The van der Waals surface area contributed by atoms with E-state index in [-0.39, 0.29) is 31.6 Å². The van der Waals surface area contributed by atoms with Crippen molar-refractivity contribution in [1.29, 1.82) is 0 Å². The van der Waals surface area contributed by atoms with Crippen molar-refractivity contribution in [3.8, 4) is 16.8 Å². The topological polar surface area (TPSA) is 71.3 Å². The SMILES string of the molecule is BC(B)=Cc1ccccc1-c1cc2c(cc1F)c(N1CCN(C(=O)C(=C)F)C[C@@H]1C)nc(=O)n2-c1c(C)ccnc1C(C)C. The fourth-order valence-corrected chi connectivity index (χ4v) is 5.96. The summed E-state index contributed by atoms with van der Waals surface area (Å²) < 4.78 is 31.4. The molecule has 2 aromatic heterocycles. The summed E-state index contributed by atoms with van der Waals surface area (Å²) in [6, 6.07) is 12.3. The van der Waals surface area contributed by atoms with Gasteiger partial charge in [-0.3, -0.25) is 14.3 Å². The Morgan fingerprint density at radius 1 is 1.14 bits per heavy atom. The maximum Gasteiger partial charge on any atom is 0.354 e. The minimum Gasteiger partial charge on any atom is -0.350 e. The highest BCUT2D eigenvalue weighted by Crippen LogP contribution is 2.36. The van der Waals surface area contributed by atoms with E-state index >= 15 is 4.39 Å². The van der Waals surface area contributed by atoms with Crippen LogP contribution in [0.15, 0.2) is 71.2 Å². The van der Waals surface area contributed by atoms with E-state index in [1.165, 1.54) is 11.0 Å². The molecule has 11 heteroatoms. The molecule has 2 aromatic carbocycles. The number of carbonyl (C=O) groups is 1. The third kappa shape index (κ3) is 5.70. The number of hydrogen-bond donors (Lipinski definition) is 0. The summed E-state index contributed by atoms with van der Waals surface area (Å²) in [6.07, 6.45) is 3.72. The van der Waals surface area contributed by atoms with E-state index in [0.29, 0.717) is 33.5 Å². The molecule has 1 fully saturated rings. The zero-order valence-electron chi connectivity index (χ0n) is 26.0. The van der Waals surface area contributed by atoms with E-state index in [1.807, 2.05) is 84.7 Å². The smallest absolute Gasteiger partial charge is 0.350 e. The minimum absolute atomic E-state index is 0.000676. The lowest BCUT2D eigenvalue weighted by atomic mass is 9.77. The Balaban J connectivity index is 1.81. The first-order chi connectivity index (χ1) is 20.9. The van der Waals surface area contributed by atoms with Gasteiger partial charge in [0.2, 0.25) is 0 Å². The number of halogens is 2. The van der Waals surface area contributed by atoms with E-state index in [2.05, 4.69) is 16.5 Å². The maximum absolute atomic E-state index is 16.3. The van der Waals surface area contributed by atoms with Gasteiger partial charge in [-0.15, -0.1) is 5.37 Å². The van der Waals surface area contributed by atoms with Crippen molar-refractivity contribution in [1.82, 2.24) is 19.4 Å². The summed E-state index contributed by atoms with van der Waals surface area (Å²) in [7, 11) is 3.97. The third-order valence-corrected chi connectivity index (χ3v) is 8.00. The first-order valence-corrected chi connectivity index (χ1v) is 14.8. The van der Waals surface area contributed by atoms with Gasteiger partial charge in [-0.05, 0) is 54.7 Å². The highest BCUT2D eigenvalue weighted by Gasteiger charge is 2.31. The Hall–Kier alpha value is -4.53. The van der Waals surface area contributed by atoms with Crippen molar-refractivity contribution in [3.05, 3.63) is 99.6 Å². The Morgan fingerprint density at radius 3 is 2.52 bits per heavy atom. The number of amides is 1. The van der Waals surface area contributed by atoms with Crippen molar-refractivity contribution in [3.63, 3.8) is 0 Å². The van der Waals surface area contributed by atoms with Crippen LogP contribution in [-0.4, -0.2) is 66.7 Å². The molecule has 0 radical (unpaired) electrons. The average Bonchev–Trinajstić information content (AvgIpc) is 2.96. The average molecular weight is 593 g/mol. The summed E-state index contributed by atoms with van der Waals surface area (Å²) in [4.78, 5) is 38.8. The summed E-state index contributed by atoms with van der Waals surface area (Å²) >= 11 is 0. The normalized spacial score (nSPS) is 15.1. The molecule has 0 aliphatic carbocycles. The molecule has 0 unspecified atom stereocenters. The van der Waals surface area contributed by atoms with Gasteiger partial charge in [0.05, 0.1) is 16.9 Å². The van der Waals surface area contributed by atoms with Crippen molar-refractivity contribution in [2.24, 2.45) is 0 Å². The second kappa shape index (κ2) is 12.2. The molecule has 0 spiro atoms. The van der Waals surface area contributed by atoms with Crippen LogP contribution in [0.5, 0.6) is 0 Å². The lowest BCUT2D eigenvalue weighted by Crippen LogP contribution is -2.54. The molecule has 1 saturated heterocycles. The van der Waals surface area contributed by atoms with E-state index in [0.717, 1.165) is 22.2 Å². The van der Waals surface area contributed by atoms with Crippen LogP contribution in [0.1, 0.15) is 43.5 Å². The van der Waals surface area contributed by atoms with Gasteiger partial charge in [-0.2, -0.15) is 4.98 Å². The van der Waals surface area contributed by atoms with Crippen LogP contribution in [0, 0.1) is 12.7 Å². The summed E-state index contributed by atoms with van der Waals surface area (Å²) in [5.41, 5.74) is 4.07. The molecule has 5 rings (SSSR count). The minimum atomic E-state index is -1.02. The van der Waals surface area contributed by atoms with E-state index in [4.69, 9.17) is 0 Å². The highest BCUT2D eigenvalue weighted by molar-refractivity contribution is 6.50. The van der Waals surface area contributed by atoms with Gasteiger partial charge in [-0.1, -0.05) is 50.8 Å². The fraction of sp³-hybridized carbons (Fsp3) is 0.273. The van der Waals surface area contributed by atoms with Crippen molar-refractivity contribution in [2.45, 2.75) is 39.7 Å². The molecule has 1 aliphatic rings. The first kappa shape index (κ1) is 30.9. The Labute approximate surface area is 257 Å². The number of rotatable bonds is 6. The number of anilines is 1. The third-order valence-electron chi connectivity index (χ3n) is 8.00. The van der Waals surface area contributed by atoms with E-state index in [9.17, 15) is 14.0 Å². The van der Waals surface area contributed by atoms with Crippen molar-refractivity contribution >= 4 is 44.4 Å². The van der Waals surface area contributed by atoms with Crippen LogP contribution in [0.2, 0.25) is 0 Å². The molecule has 0 saturated carbocycles. The number of aryl methyl sites for hydroxylation is 1. The molecule has 224 valence electrons. The number of aromatic nitrogens is 3. The predicted octanol–water partition coefficient (Wildman–Crippen LogP) is 4.10. The molecular formula is C33H35B2F2N5O2. The molecule has 44 heavy (non-hydrogen) atoms. The summed E-state index contributed by atoms with van der Waals surface area (Å²) in [5.74, 6) is -1.92. The second-order valence-electron chi connectivity index (χ2n) is 11.9. The number of piperazine rings is 1. The van der Waals surface area contributed by atoms with Crippen LogP contribution in [0.4, 0.5) is 14.6 Å². The number of benzene rings is 2. The molecule has 3 heterocycles. The Bertz CT molecular complexity index is 1880. The molecule has 1 amide bonds. The molecule has 7 nitrogen and oxygen atoms in total. The molecule has 1 atom stereocenters. The number of carbonyl (C=O) groups excluding carboxylic acids is 1. The number of nitrogens with zero attached hydrogens (tertiary/aromatic N) is 5. The van der Waals surface area contributed by atoms with Gasteiger partial charge >= 0.3 is 5.69 Å². The Kier molecular flexibility index (Phi) is 8.59.